The van der Waals surface area contributed by atoms with Gasteiger partial charge in [-0.15, -0.1) is 0 Å². The van der Waals surface area contributed by atoms with Crippen LogP contribution in [-0.4, -0.2) is 50.7 Å². The number of carbonyl (C=O) groups excluding carboxylic acids is 2. The zero-order valence-corrected chi connectivity index (χ0v) is 17.3. The largest absolute Gasteiger partial charge is 0.369 e. The third kappa shape index (κ3) is 3.35. The zero-order valence-electron chi connectivity index (χ0n) is 16.5. The molecule has 1 atom stereocenters. The summed E-state index contributed by atoms with van der Waals surface area (Å²) in [5.41, 5.74) is 2.00. The van der Waals surface area contributed by atoms with E-state index in [2.05, 4.69) is 15.3 Å². The molecule has 2 aromatic carbocycles. The number of rotatable bonds is 4. The molecule has 154 valence electrons. The number of amides is 3. The van der Waals surface area contributed by atoms with Crippen molar-refractivity contribution in [2.45, 2.75) is 24.3 Å². The van der Waals surface area contributed by atoms with Crippen LogP contribution in [0.5, 0.6) is 0 Å². The Morgan fingerprint density at radius 1 is 1.17 bits per heavy atom. The van der Waals surface area contributed by atoms with Crippen LogP contribution in [0.15, 0.2) is 63.4 Å². The van der Waals surface area contributed by atoms with Crippen LogP contribution >= 0.6 is 0 Å². The van der Waals surface area contributed by atoms with Crippen LogP contribution in [-0.2, 0) is 21.1 Å². The minimum absolute atomic E-state index is 0.0217. The predicted molar refractivity (Wildman–Crippen MR) is 114 cm³/mol. The number of nitrogens with one attached hydrogen (secondary N) is 1. The number of anilines is 1. The summed E-state index contributed by atoms with van der Waals surface area (Å²) in [6.45, 7) is 2.11. The number of urea groups is 1. The van der Waals surface area contributed by atoms with Crippen LogP contribution < -0.4 is 10.2 Å². The van der Waals surface area contributed by atoms with Crippen LogP contribution in [0.1, 0.15) is 18.1 Å². The first-order valence-corrected chi connectivity index (χ1v) is 10.9. The Morgan fingerprint density at radius 3 is 2.60 bits per heavy atom. The number of nitrogens with zero attached hydrogens (tertiary/aromatic N) is 3. The fourth-order valence-corrected chi connectivity index (χ4v) is 5.17. The zero-order chi connectivity index (χ0) is 21.5. The SMILES string of the molecule is CNCC(=O)N1c2ccc(S(=O)(=O)C3=NC(=O)N=C3c3ccccc3)cc2CC1C. The lowest BCUT2D eigenvalue weighted by molar-refractivity contribution is -0.118. The molecule has 0 saturated heterocycles. The number of hydrogen-bond acceptors (Lipinski definition) is 5. The van der Waals surface area contributed by atoms with E-state index in [-0.39, 0.29) is 34.1 Å². The Labute approximate surface area is 174 Å². The summed E-state index contributed by atoms with van der Waals surface area (Å²) < 4.78 is 26.6. The number of carbonyl (C=O) groups is 2. The number of hydrogen-bond donors (Lipinski definition) is 1. The fraction of sp³-hybridized carbons (Fsp3) is 0.238. The van der Waals surface area contributed by atoms with E-state index < -0.39 is 15.9 Å². The standard InChI is InChI=1S/C21H20N4O4S/c1-13-10-15-11-16(8-9-17(15)25(13)18(26)12-22-2)30(28,29)20-19(23-21(27)24-20)14-6-4-3-5-7-14/h3-9,11,13,22H,10,12H2,1-2H3. The third-order valence-corrected chi connectivity index (χ3v) is 6.75. The van der Waals surface area contributed by atoms with Crippen molar-refractivity contribution in [1.82, 2.24) is 5.32 Å². The second kappa shape index (κ2) is 7.58. The maximum atomic E-state index is 13.3. The summed E-state index contributed by atoms with van der Waals surface area (Å²) in [5, 5.41) is 2.49. The summed E-state index contributed by atoms with van der Waals surface area (Å²) in [7, 11) is -2.37. The van der Waals surface area contributed by atoms with E-state index >= 15 is 0 Å². The van der Waals surface area contributed by atoms with Gasteiger partial charge in [0.1, 0.15) is 5.71 Å². The third-order valence-electron chi connectivity index (χ3n) is 5.08. The Kier molecular flexibility index (Phi) is 5.08. The average molecular weight is 424 g/mol. The molecule has 0 spiro atoms. The molecule has 0 aliphatic carbocycles. The van der Waals surface area contributed by atoms with E-state index in [1.54, 1.807) is 54.4 Å². The van der Waals surface area contributed by atoms with Crippen molar-refractivity contribution < 1.29 is 18.0 Å². The van der Waals surface area contributed by atoms with Gasteiger partial charge >= 0.3 is 6.03 Å². The van der Waals surface area contributed by atoms with Gasteiger partial charge in [-0.1, -0.05) is 30.3 Å². The molecule has 8 nitrogen and oxygen atoms in total. The second-order valence-corrected chi connectivity index (χ2v) is 9.03. The number of benzene rings is 2. The molecule has 1 N–H and O–H groups in total. The van der Waals surface area contributed by atoms with Crippen molar-refractivity contribution >= 4 is 38.2 Å². The summed E-state index contributed by atoms with van der Waals surface area (Å²) in [6.07, 6.45) is 0.541. The van der Waals surface area contributed by atoms with E-state index in [1.807, 2.05) is 6.92 Å². The van der Waals surface area contributed by atoms with Gasteiger partial charge in [-0.3, -0.25) is 4.79 Å². The first kappa shape index (κ1) is 20.1. The first-order valence-electron chi connectivity index (χ1n) is 9.44. The van der Waals surface area contributed by atoms with Crippen LogP contribution in [0.3, 0.4) is 0 Å². The maximum Gasteiger partial charge on any atom is 0.369 e. The van der Waals surface area contributed by atoms with Gasteiger partial charge in [0.2, 0.25) is 15.7 Å². The molecule has 4 rings (SSSR count). The van der Waals surface area contributed by atoms with E-state index in [1.165, 1.54) is 6.07 Å². The van der Waals surface area contributed by atoms with Gasteiger partial charge in [-0.25, -0.2) is 13.2 Å². The highest BCUT2D eigenvalue weighted by molar-refractivity contribution is 8.08. The quantitative estimate of drug-likeness (QED) is 0.807. The first-order chi connectivity index (χ1) is 14.3. The predicted octanol–water partition coefficient (Wildman–Crippen LogP) is 1.98. The van der Waals surface area contributed by atoms with Crippen molar-refractivity contribution in [3.63, 3.8) is 0 Å². The van der Waals surface area contributed by atoms with Gasteiger partial charge in [-0.2, -0.15) is 9.98 Å². The molecule has 0 radical (unpaired) electrons. The van der Waals surface area contributed by atoms with Gasteiger partial charge < -0.3 is 10.2 Å². The minimum atomic E-state index is -4.07. The molecule has 3 amide bonds. The van der Waals surface area contributed by atoms with E-state index in [0.29, 0.717) is 17.7 Å². The van der Waals surface area contributed by atoms with Crippen molar-refractivity contribution in [3.05, 3.63) is 59.7 Å². The van der Waals surface area contributed by atoms with Crippen LogP contribution in [0.4, 0.5) is 10.5 Å². The van der Waals surface area contributed by atoms with Crippen molar-refractivity contribution in [2.75, 3.05) is 18.5 Å². The monoisotopic (exact) mass is 424 g/mol. The molecule has 30 heavy (non-hydrogen) atoms. The molecule has 9 heteroatoms. The van der Waals surface area contributed by atoms with E-state index in [4.69, 9.17) is 0 Å². The molecule has 2 aromatic rings. The highest BCUT2D eigenvalue weighted by Gasteiger charge is 2.36. The van der Waals surface area contributed by atoms with Crippen molar-refractivity contribution in [2.24, 2.45) is 9.98 Å². The average Bonchev–Trinajstić information content (AvgIpc) is 3.28. The molecular weight excluding hydrogens is 404 g/mol. The Balaban J connectivity index is 1.72. The summed E-state index contributed by atoms with van der Waals surface area (Å²) in [5.74, 6) is -0.0800. The lowest BCUT2D eigenvalue weighted by atomic mass is 10.1. The van der Waals surface area contributed by atoms with Gasteiger partial charge in [-0.05, 0) is 44.2 Å². The second-order valence-electron chi connectivity index (χ2n) is 7.17. The van der Waals surface area contributed by atoms with E-state index in [9.17, 15) is 18.0 Å². The van der Waals surface area contributed by atoms with Crippen LogP contribution in [0.2, 0.25) is 0 Å². The number of fused-ring (bicyclic) bond motifs is 1. The molecular formula is C21H20N4O4S. The molecule has 0 bridgehead atoms. The summed E-state index contributed by atoms with van der Waals surface area (Å²) in [6, 6.07) is 12.3. The van der Waals surface area contributed by atoms with Gasteiger partial charge in [0, 0.05) is 17.3 Å². The van der Waals surface area contributed by atoms with Gasteiger partial charge in [0.25, 0.3) is 0 Å². The lowest BCUT2D eigenvalue weighted by Gasteiger charge is -2.22. The van der Waals surface area contributed by atoms with Crippen LogP contribution in [0, 0.1) is 0 Å². The Morgan fingerprint density at radius 2 is 1.90 bits per heavy atom. The molecule has 2 aliphatic heterocycles. The summed E-state index contributed by atoms with van der Waals surface area (Å²) in [4.78, 5) is 33.4. The van der Waals surface area contributed by atoms with Crippen LogP contribution in [0.25, 0.3) is 0 Å². The van der Waals surface area contributed by atoms with Crippen molar-refractivity contribution in [1.29, 1.82) is 0 Å². The normalized spacial score (nSPS) is 18.3. The molecule has 1 unspecified atom stereocenters. The van der Waals surface area contributed by atoms with Crippen molar-refractivity contribution in [3.8, 4) is 0 Å². The number of sulfone groups is 1. The van der Waals surface area contributed by atoms with E-state index in [0.717, 1.165) is 5.56 Å². The van der Waals surface area contributed by atoms with Gasteiger partial charge in [0.05, 0.1) is 11.4 Å². The smallest absolute Gasteiger partial charge is 0.311 e. The molecule has 0 fully saturated rings. The summed E-state index contributed by atoms with van der Waals surface area (Å²) >= 11 is 0. The molecule has 2 aliphatic rings. The number of aliphatic imine (C=N–C) groups is 2. The highest BCUT2D eigenvalue weighted by Crippen LogP contribution is 2.34. The Bertz CT molecular complexity index is 1200. The molecule has 2 heterocycles. The Hall–Kier alpha value is -3.17. The minimum Gasteiger partial charge on any atom is -0.311 e. The molecule has 0 saturated carbocycles. The highest BCUT2D eigenvalue weighted by atomic mass is 32.2. The topological polar surface area (TPSA) is 108 Å². The number of likely N-dealkylation sites (N-methyl/N-ethyl adjacent to an activating group) is 1. The molecule has 0 aromatic heterocycles. The fourth-order valence-electron chi connectivity index (χ4n) is 3.78. The maximum absolute atomic E-state index is 13.3. The lowest BCUT2D eigenvalue weighted by Crippen LogP contribution is -2.40. The van der Waals surface area contributed by atoms with Gasteiger partial charge in [0.15, 0.2) is 5.04 Å².